The maximum Gasteiger partial charge on any atom is 0.200 e. The van der Waals surface area contributed by atoms with Crippen molar-refractivity contribution in [3.05, 3.63) is 41.2 Å². The molecular weight excluding hydrogens is 462 g/mol. The third-order valence-corrected chi connectivity index (χ3v) is 13.7. The molecule has 1 aliphatic heterocycles. The summed E-state index contributed by atoms with van der Waals surface area (Å²) in [6, 6.07) is 0. The summed E-state index contributed by atoms with van der Waals surface area (Å²) in [6.45, 7) is 7.83. The van der Waals surface area contributed by atoms with Crippen molar-refractivity contribution in [3.63, 3.8) is 0 Å². The zero-order valence-corrected chi connectivity index (χ0v) is 18.8. The van der Waals surface area contributed by atoms with Gasteiger partial charge in [0, 0.05) is 5.25 Å². The first-order valence-corrected chi connectivity index (χ1v) is 13.5. The highest BCUT2D eigenvalue weighted by atomic mass is 33.2. The van der Waals surface area contributed by atoms with Crippen molar-refractivity contribution in [2.75, 3.05) is 0 Å². The molecule has 0 amide bonds. The Kier molecular flexibility index (Phi) is 7.14. The van der Waals surface area contributed by atoms with E-state index in [1.54, 1.807) is 0 Å². The largest absolute Gasteiger partial charge is 0.326 e. The normalized spacial score (nSPS) is 32.7. The van der Waals surface area contributed by atoms with E-state index in [1.807, 2.05) is 13.8 Å². The van der Waals surface area contributed by atoms with Crippen LogP contribution in [-0.2, 0) is 16.3 Å². The number of rotatable bonds is 3. The first-order valence-electron chi connectivity index (χ1n) is 7.83. The Hall–Kier alpha value is 0.270. The van der Waals surface area contributed by atoms with E-state index in [1.165, 1.54) is 11.4 Å². The molecule has 0 aromatic heterocycles. The van der Waals surface area contributed by atoms with Crippen LogP contribution in [0.2, 0.25) is 0 Å². The molecule has 0 spiro atoms. The minimum atomic E-state index is -2.93. The van der Waals surface area contributed by atoms with E-state index in [4.69, 9.17) is 16.3 Å². The number of allylic oxidation sites excluding steroid dienone is 1. The molecule has 1 nitrogen and oxygen atoms in total. The lowest BCUT2D eigenvalue weighted by Gasteiger charge is -2.37. The standard InChI is InChI=1S/C16H16F5OPS3.H2S/c1-7(2)8-4-5-16(3)9(6-8)25-23(24,22-16)26-15-13(20)11(18)10(17)12(19)14(15)21;/h8-9H,1,4-6H2,2-3H3;1H2/t8-,9+,16+,23+;/m1./s1. The van der Waals surface area contributed by atoms with Crippen LogP contribution in [0.1, 0.15) is 33.1 Å². The average Bonchev–Trinajstić information content (AvgIpc) is 2.84. The molecule has 3 rings (SSSR count). The summed E-state index contributed by atoms with van der Waals surface area (Å²) in [4.78, 5) is -0.962. The second-order valence-corrected chi connectivity index (χ2v) is 17.1. The SMILES string of the molecule is C=C(C)[C@@H]1CC[C@]2(C)O[P@@](=S)(Sc3c(F)c(F)c(F)c(F)c3F)S[C@H]2C1.S. The number of hydrogen-bond acceptors (Lipinski definition) is 4. The number of halogens is 5. The van der Waals surface area contributed by atoms with Crippen LogP contribution in [0.25, 0.3) is 0 Å². The van der Waals surface area contributed by atoms with E-state index in [-0.39, 0.29) is 18.7 Å². The summed E-state index contributed by atoms with van der Waals surface area (Å²) in [5.74, 6) is -9.53. The summed E-state index contributed by atoms with van der Waals surface area (Å²) in [7, 11) is 0. The van der Waals surface area contributed by atoms with E-state index in [9.17, 15) is 22.0 Å². The number of hydrogen-bond donors (Lipinski definition) is 0. The molecule has 11 heteroatoms. The Bertz CT molecular complexity index is 807. The van der Waals surface area contributed by atoms with Crippen LogP contribution in [0.5, 0.6) is 0 Å². The van der Waals surface area contributed by atoms with Gasteiger partial charge in [0.25, 0.3) is 0 Å². The molecule has 1 aromatic rings. The highest BCUT2D eigenvalue weighted by Crippen LogP contribution is 2.82. The Labute approximate surface area is 174 Å². The van der Waals surface area contributed by atoms with Crippen LogP contribution in [0.3, 0.4) is 0 Å². The van der Waals surface area contributed by atoms with Crippen LogP contribution in [0, 0.1) is 35.0 Å². The van der Waals surface area contributed by atoms with E-state index in [0.717, 1.165) is 18.4 Å². The quantitative estimate of drug-likeness (QED) is 0.150. The van der Waals surface area contributed by atoms with Gasteiger partial charge in [0.05, 0.1) is 10.5 Å². The van der Waals surface area contributed by atoms with Crippen molar-refractivity contribution in [1.82, 2.24) is 0 Å². The molecule has 0 N–H and O–H groups in total. The van der Waals surface area contributed by atoms with Crippen molar-refractivity contribution < 1.29 is 26.5 Å². The van der Waals surface area contributed by atoms with Gasteiger partial charge in [-0.05, 0) is 62.2 Å². The molecular formula is C16H18F5OPS4. The molecule has 1 heterocycles. The predicted octanol–water partition coefficient (Wildman–Crippen LogP) is 7.08. The van der Waals surface area contributed by atoms with Gasteiger partial charge in [0.2, 0.25) is 5.82 Å². The fourth-order valence-corrected chi connectivity index (χ4v) is 14.2. The monoisotopic (exact) mass is 480 g/mol. The van der Waals surface area contributed by atoms with E-state index in [0.29, 0.717) is 23.7 Å². The summed E-state index contributed by atoms with van der Waals surface area (Å²) in [5, 5.41) is -0.00227. The Morgan fingerprint density at radius 1 is 1.19 bits per heavy atom. The number of fused-ring (bicyclic) bond motifs is 1. The third kappa shape index (κ3) is 4.26. The summed E-state index contributed by atoms with van der Waals surface area (Å²) in [5.41, 5.74) is 0.490. The van der Waals surface area contributed by atoms with Crippen LogP contribution >= 0.6 is 40.9 Å². The molecule has 1 saturated heterocycles. The van der Waals surface area contributed by atoms with Crippen LogP contribution < -0.4 is 0 Å². The molecule has 4 atom stereocenters. The van der Waals surface area contributed by atoms with Gasteiger partial charge in [-0.15, -0.1) is 0 Å². The molecule has 2 aliphatic rings. The molecule has 152 valence electrons. The van der Waals surface area contributed by atoms with Crippen LogP contribution in [-0.4, -0.2) is 10.9 Å². The summed E-state index contributed by atoms with van der Waals surface area (Å²) < 4.78 is 71.3. The Morgan fingerprint density at radius 3 is 2.22 bits per heavy atom. The Balaban J connectivity index is 0.00000261. The average molecular weight is 481 g/mol. The van der Waals surface area contributed by atoms with Crippen molar-refractivity contribution in [2.45, 2.75) is 48.9 Å². The predicted molar refractivity (Wildman–Crippen MR) is 110 cm³/mol. The molecule has 1 aromatic carbocycles. The lowest BCUT2D eigenvalue weighted by Crippen LogP contribution is -2.40. The van der Waals surface area contributed by atoms with E-state index in [2.05, 4.69) is 6.58 Å². The molecule has 27 heavy (non-hydrogen) atoms. The van der Waals surface area contributed by atoms with Gasteiger partial charge in [-0.25, -0.2) is 22.0 Å². The molecule has 1 saturated carbocycles. The highest BCUT2D eigenvalue weighted by Gasteiger charge is 2.53. The minimum absolute atomic E-state index is 0. The van der Waals surface area contributed by atoms with Gasteiger partial charge < -0.3 is 4.52 Å². The van der Waals surface area contributed by atoms with Crippen molar-refractivity contribution in [2.24, 2.45) is 5.92 Å². The van der Waals surface area contributed by atoms with Gasteiger partial charge in [0.15, 0.2) is 27.9 Å². The topological polar surface area (TPSA) is 9.23 Å². The number of benzene rings is 1. The minimum Gasteiger partial charge on any atom is -0.326 e. The molecule has 0 bridgehead atoms. The van der Waals surface area contributed by atoms with Crippen molar-refractivity contribution in [1.29, 1.82) is 0 Å². The van der Waals surface area contributed by atoms with Crippen LogP contribution in [0.4, 0.5) is 22.0 Å². The van der Waals surface area contributed by atoms with Gasteiger partial charge in [-0.3, -0.25) is 0 Å². The zero-order chi connectivity index (χ0) is 19.4. The lowest BCUT2D eigenvalue weighted by molar-refractivity contribution is 0.0696. The van der Waals surface area contributed by atoms with Gasteiger partial charge in [0.1, 0.15) is 0 Å². The molecule has 2 fully saturated rings. The van der Waals surface area contributed by atoms with E-state index < -0.39 is 44.3 Å². The van der Waals surface area contributed by atoms with E-state index >= 15 is 0 Å². The van der Waals surface area contributed by atoms with Crippen molar-refractivity contribution in [3.8, 4) is 0 Å². The summed E-state index contributed by atoms with van der Waals surface area (Å²) >= 11 is 7.26. The maximum absolute atomic E-state index is 14.0. The van der Waals surface area contributed by atoms with Gasteiger partial charge in [-0.2, -0.15) is 13.5 Å². The fourth-order valence-electron chi connectivity index (χ4n) is 3.20. The Morgan fingerprint density at radius 2 is 1.70 bits per heavy atom. The second kappa shape index (κ2) is 8.19. The molecule has 0 unspecified atom stereocenters. The summed E-state index contributed by atoms with van der Waals surface area (Å²) in [6.07, 6.45) is 2.34. The second-order valence-electron chi connectivity index (χ2n) is 6.75. The smallest absolute Gasteiger partial charge is 0.200 e. The first kappa shape index (κ1) is 23.5. The van der Waals surface area contributed by atoms with Crippen LogP contribution in [0.15, 0.2) is 17.0 Å². The zero-order valence-electron chi connectivity index (χ0n) is 14.5. The molecule has 0 radical (unpaired) electrons. The fraction of sp³-hybridized carbons (Fsp3) is 0.500. The first-order chi connectivity index (χ1) is 12.0. The molecule has 1 aliphatic carbocycles. The van der Waals surface area contributed by atoms with Gasteiger partial charge in [-0.1, -0.05) is 23.5 Å². The van der Waals surface area contributed by atoms with Crippen molar-refractivity contribution >= 4 is 52.7 Å². The third-order valence-electron chi connectivity index (χ3n) is 4.82. The lowest BCUT2D eigenvalue weighted by atomic mass is 9.77. The highest BCUT2D eigenvalue weighted by molar-refractivity contribution is 8.99. The van der Waals surface area contributed by atoms with Gasteiger partial charge >= 0.3 is 0 Å². The maximum atomic E-state index is 14.0.